The average Bonchev–Trinajstić information content (AvgIpc) is 2.37. The molecule has 1 aromatic carbocycles. The summed E-state index contributed by atoms with van der Waals surface area (Å²) in [5, 5.41) is 2.80. The number of amides is 1. The van der Waals surface area contributed by atoms with Crippen LogP contribution < -0.4 is 11.1 Å². The normalized spacial score (nSPS) is 11.1. The maximum absolute atomic E-state index is 11.9. The van der Waals surface area contributed by atoms with Gasteiger partial charge in [0.1, 0.15) is 0 Å². The molecule has 0 spiro atoms. The van der Waals surface area contributed by atoms with Gasteiger partial charge >= 0.3 is 5.97 Å². The van der Waals surface area contributed by atoms with E-state index in [1.54, 1.807) is 25.1 Å². The van der Waals surface area contributed by atoms with Crippen LogP contribution in [0.2, 0.25) is 0 Å². The van der Waals surface area contributed by atoms with Crippen molar-refractivity contribution in [3.63, 3.8) is 0 Å². The first-order valence-corrected chi connectivity index (χ1v) is 6.51. The number of benzene rings is 1. The molecular weight excluding hydrogens is 256 g/mol. The topological polar surface area (TPSA) is 81.4 Å². The second-order valence-electron chi connectivity index (χ2n) is 5.51. The molecular formula is C15H22N2O3. The molecule has 5 heteroatoms. The van der Waals surface area contributed by atoms with Gasteiger partial charge in [-0.1, -0.05) is 6.07 Å². The van der Waals surface area contributed by atoms with Crippen molar-refractivity contribution >= 4 is 17.6 Å². The van der Waals surface area contributed by atoms with Crippen LogP contribution in [0.1, 0.15) is 42.6 Å². The Morgan fingerprint density at radius 2 is 2.00 bits per heavy atom. The van der Waals surface area contributed by atoms with Crippen molar-refractivity contribution in [2.45, 2.75) is 39.2 Å². The molecule has 0 heterocycles. The highest BCUT2D eigenvalue weighted by atomic mass is 16.5. The summed E-state index contributed by atoms with van der Waals surface area (Å²) in [6.07, 6.45) is 0.931. The Bertz CT molecular complexity index is 504. The zero-order chi connectivity index (χ0) is 15.3. The van der Waals surface area contributed by atoms with Crippen LogP contribution in [0.15, 0.2) is 18.2 Å². The number of rotatable bonds is 5. The lowest BCUT2D eigenvalue weighted by molar-refractivity contribution is -0.116. The summed E-state index contributed by atoms with van der Waals surface area (Å²) in [5.41, 5.74) is 7.23. The van der Waals surface area contributed by atoms with Gasteiger partial charge in [0.2, 0.25) is 5.91 Å². The predicted molar refractivity (Wildman–Crippen MR) is 78.6 cm³/mol. The van der Waals surface area contributed by atoms with Crippen molar-refractivity contribution in [1.82, 2.24) is 0 Å². The molecule has 20 heavy (non-hydrogen) atoms. The standard InChI is InChI=1S/C15H22N2O3/c1-10-11(14(19)20-4)6-5-7-12(10)17-13(18)8-9-15(2,3)16/h5-7H,8-9,16H2,1-4H3,(H,17,18). The van der Waals surface area contributed by atoms with Crippen molar-refractivity contribution in [3.8, 4) is 0 Å². The molecule has 0 radical (unpaired) electrons. The van der Waals surface area contributed by atoms with Crippen LogP contribution in [0.5, 0.6) is 0 Å². The molecule has 0 atom stereocenters. The van der Waals surface area contributed by atoms with E-state index in [2.05, 4.69) is 5.32 Å². The zero-order valence-corrected chi connectivity index (χ0v) is 12.4. The minimum Gasteiger partial charge on any atom is -0.465 e. The van der Waals surface area contributed by atoms with Crippen molar-refractivity contribution in [3.05, 3.63) is 29.3 Å². The molecule has 5 nitrogen and oxygen atoms in total. The highest BCUT2D eigenvalue weighted by Gasteiger charge is 2.16. The monoisotopic (exact) mass is 278 g/mol. The van der Waals surface area contributed by atoms with Gasteiger partial charge in [-0.25, -0.2) is 4.79 Å². The number of nitrogens with two attached hydrogens (primary N) is 1. The Kier molecular flexibility index (Phi) is 5.27. The van der Waals surface area contributed by atoms with Crippen LogP contribution in [0.4, 0.5) is 5.69 Å². The van der Waals surface area contributed by atoms with Gasteiger partial charge in [-0.05, 0) is 44.9 Å². The summed E-state index contributed by atoms with van der Waals surface area (Å²) in [6.45, 7) is 5.53. The fourth-order valence-corrected chi connectivity index (χ4v) is 1.75. The van der Waals surface area contributed by atoms with Gasteiger partial charge in [0.05, 0.1) is 12.7 Å². The maximum Gasteiger partial charge on any atom is 0.338 e. The number of esters is 1. The van der Waals surface area contributed by atoms with Gasteiger partial charge in [-0.3, -0.25) is 4.79 Å². The number of methoxy groups -OCH3 is 1. The molecule has 0 bridgehead atoms. The van der Waals surface area contributed by atoms with E-state index in [1.807, 2.05) is 13.8 Å². The van der Waals surface area contributed by atoms with E-state index in [1.165, 1.54) is 7.11 Å². The van der Waals surface area contributed by atoms with Crippen molar-refractivity contribution in [1.29, 1.82) is 0 Å². The third-order valence-electron chi connectivity index (χ3n) is 3.01. The number of ether oxygens (including phenoxy) is 1. The van der Waals surface area contributed by atoms with Crippen molar-refractivity contribution in [2.75, 3.05) is 12.4 Å². The Labute approximate surface area is 119 Å². The fourth-order valence-electron chi connectivity index (χ4n) is 1.75. The number of hydrogen-bond acceptors (Lipinski definition) is 4. The molecule has 1 aromatic rings. The van der Waals surface area contributed by atoms with E-state index in [0.717, 1.165) is 0 Å². The molecule has 0 aromatic heterocycles. The van der Waals surface area contributed by atoms with E-state index in [0.29, 0.717) is 29.7 Å². The first-order valence-electron chi connectivity index (χ1n) is 6.51. The minimum absolute atomic E-state index is 0.117. The van der Waals surface area contributed by atoms with Gasteiger partial charge in [0.25, 0.3) is 0 Å². The summed E-state index contributed by atoms with van der Waals surface area (Å²) in [5.74, 6) is -0.532. The van der Waals surface area contributed by atoms with Gasteiger partial charge < -0.3 is 15.8 Å². The largest absolute Gasteiger partial charge is 0.465 e. The fraction of sp³-hybridized carbons (Fsp3) is 0.467. The van der Waals surface area contributed by atoms with E-state index in [4.69, 9.17) is 10.5 Å². The second-order valence-corrected chi connectivity index (χ2v) is 5.51. The molecule has 0 unspecified atom stereocenters. The summed E-state index contributed by atoms with van der Waals surface area (Å²) in [4.78, 5) is 23.5. The van der Waals surface area contributed by atoms with E-state index in [9.17, 15) is 9.59 Å². The zero-order valence-electron chi connectivity index (χ0n) is 12.4. The molecule has 0 aliphatic rings. The average molecular weight is 278 g/mol. The molecule has 0 aliphatic heterocycles. The second kappa shape index (κ2) is 6.52. The van der Waals surface area contributed by atoms with E-state index in [-0.39, 0.29) is 11.4 Å². The summed E-state index contributed by atoms with van der Waals surface area (Å²) >= 11 is 0. The van der Waals surface area contributed by atoms with Crippen LogP contribution in [-0.4, -0.2) is 24.5 Å². The smallest absolute Gasteiger partial charge is 0.338 e. The number of carbonyl (C=O) groups excluding carboxylic acids is 2. The Hall–Kier alpha value is -1.88. The lowest BCUT2D eigenvalue weighted by Crippen LogP contribution is -2.33. The highest BCUT2D eigenvalue weighted by molar-refractivity contribution is 5.96. The lowest BCUT2D eigenvalue weighted by Gasteiger charge is -2.18. The van der Waals surface area contributed by atoms with Gasteiger partial charge in [-0.2, -0.15) is 0 Å². The van der Waals surface area contributed by atoms with Crippen LogP contribution in [-0.2, 0) is 9.53 Å². The predicted octanol–water partition coefficient (Wildman–Crippen LogP) is 2.24. The molecule has 0 saturated heterocycles. The summed E-state index contributed by atoms with van der Waals surface area (Å²) < 4.78 is 4.70. The van der Waals surface area contributed by atoms with Crippen LogP contribution in [0.3, 0.4) is 0 Å². The van der Waals surface area contributed by atoms with Gasteiger partial charge in [0, 0.05) is 17.6 Å². The van der Waals surface area contributed by atoms with Gasteiger partial charge in [-0.15, -0.1) is 0 Å². The molecule has 1 amide bonds. The molecule has 0 saturated carbocycles. The Morgan fingerprint density at radius 3 is 2.55 bits per heavy atom. The van der Waals surface area contributed by atoms with Crippen molar-refractivity contribution < 1.29 is 14.3 Å². The number of hydrogen-bond donors (Lipinski definition) is 2. The Morgan fingerprint density at radius 1 is 1.35 bits per heavy atom. The van der Waals surface area contributed by atoms with Crippen LogP contribution in [0.25, 0.3) is 0 Å². The first kappa shape index (κ1) is 16.2. The summed E-state index contributed by atoms with van der Waals surface area (Å²) in [7, 11) is 1.33. The Balaban J connectivity index is 2.78. The van der Waals surface area contributed by atoms with Crippen LogP contribution in [0, 0.1) is 6.92 Å². The highest BCUT2D eigenvalue weighted by Crippen LogP contribution is 2.20. The quantitative estimate of drug-likeness (QED) is 0.809. The lowest BCUT2D eigenvalue weighted by atomic mass is 10.00. The third kappa shape index (κ3) is 4.66. The molecule has 3 N–H and O–H groups in total. The number of anilines is 1. The minimum atomic E-state index is -0.415. The maximum atomic E-state index is 11.9. The third-order valence-corrected chi connectivity index (χ3v) is 3.01. The SMILES string of the molecule is COC(=O)c1cccc(NC(=O)CCC(C)(C)N)c1C. The molecule has 0 aliphatic carbocycles. The first-order chi connectivity index (χ1) is 9.24. The number of nitrogens with one attached hydrogen (secondary N) is 1. The van der Waals surface area contributed by atoms with Crippen LogP contribution >= 0.6 is 0 Å². The van der Waals surface area contributed by atoms with Crippen molar-refractivity contribution in [2.24, 2.45) is 5.73 Å². The number of carbonyl (C=O) groups is 2. The van der Waals surface area contributed by atoms with E-state index < -0.39 is 5.97 Å². The molecule has 1 rings (SSSR count). The van der Waals surface area contributed by atoms with Gasteiger partial charge in [0.15, 0.2) is 0 Å². The van der Waals surface area contributed by atoms with E-state index >= 15 is 0 Å². The summed E-state index contributed by atoms with van der Waals surface area (Å²) in [6, 6.07) is 5.13. The molecule has 110 valence electrons. The molecule has 0 fully saturated rings.